The summed E-state index contributed by atoms with van der Waals surface area (Å²) in [6.45, 7) is 1.23. The number of carbonyl (C=O) groups is 3. The number of cyclic esters (lactones) is 1. The predicted molar refractivity (Wildman–Crippen MR) is 124 cm³/mol. The van der Waals surface area contributed by atoms with Crippen LogP contribution in [0.2, 0.25) is 0 Å². The van der Waals surface area contributed by atoms with Crippen molar-refractivity contribution in [3.05, 3.63) is 62.9 Å². The lowest BCUT2D eigenvalue weighted by molar-refractivity contribution is -0.166. The van der Waals surface area contributed by atoms with Crippen molar-refractivity contribution < 1.29 is 45.8 Å². The molecule has 9 nitrogen and oxygen atoms in total. The number of esters is 2. The number of nitrogens with zero attached hydrogens (tertiary/aromatic N) is 2. The number of alkyl halides is 3. The van der Waals surface area contributed by atoms with Crippen LogP contribution in [0.25, 0.3) is 22.3 Å². The van der Waals surface area contributed by atoms with Crippen molar-refractivity contribution in [3.8, 4) is 11.4 Å². The second-order valence-corrected chi connectivity index (χ2v) is 8.79. The number of aldehydes is 1. The van der Waals surface area contributed by atoms with Crippen molar-refractivity contribution in [2.75, 3.05) is 6.54 Å². The van der Waals surface area contributed by atoms with Crippen LogP contribution in [0, 0.1) is 11.6 Å². The molecule has 2 aliphatic heterocycles. The third kappa shape index (κ3) is 5.24. The van der Waals surface area contributed by atoms with E-state index in [-0.39, 0.29) is 37.1 Å². The second-order valence-electron chi connectivity index (χ2n) is 8.79. The molecule has 3 aromatic rings. The molecule has 0 amide bonds. The van der Waals surface area contributed by atoms with Crippen LogP contribution in [0.15, 0.2) is 29.1 Å². The van der Waals surface area contributed by atoms with E-state index in [1.807, 2.05) is 0 Å². The molecule has 0 radical (unpaired) electrons. The number of ether oxygens (including phenoxy) is 2. The maximum Gasteiger partial charge on any atom is 0.446 e. The number of nitrogens with two attached hydrogens (primary N) is 1. The topological polar surface area (TPSA) is 131 Å². The van der Waals surface area contributed by atoms with E-state index in [1.54, 1.807) is 19.1 Å². The lowest BCUT2D eigenvalue weighted by Crippen LogP contribution is -2.38. The van der Waals surface area contributed by atoms with Crippen LogP contribution >= 0.6 is 0 Å². The highest BCUT2D eigenvalue weighted by atomic mass is 19.4. The SMILES string of the molecule is CC[C@@]1(OC(=O)CN)CC(=O)OCc2c1cc1n(c2=O)Cc2cc3cc(F)c(F)cc3nc2-1.O=CC(F)(F)F. The van der Waals surface area contributed by atoms with Crippen LogP contribution in [0.1, 0.15) is 36.5 Å². The van der Waals surface area contributed by atoms with E-state index in [0.29, 0.717) is 27.9 Å². The van der Waals surface area contributed by atoms with E-state index in [9.17, 15) is 36.3 Å². The monoisotopic (exact) mass is 553 g/mol. The molecular weight excluding hydrogens is 533 g/mol. The van der Waals surface area contributed by atoms with Crippen LogP contribution < -0.4 is 11.3 Å². The van der Waals surface area contributed by atoms with Crippen molar-refractivity contribution in [3.63, 3.8) is 0 Å². The maximum atomic E-state index is 13.8. The van der Waals surface area contributed by atoms with Gasteiger partial charge >= 0.3 is 18.1 Å². The minimum Gasteiger partial charge on any atom is -0.460 e. The molecule has 0 bridgehead atoms. The van der Waals surface area contributed by atoms with Crippen LogP contribution in [0.4, 0.5) is 22.0 Å². The average Bonchev–Trinajstić information content (AvgIpc) is 3.17. The summed E-state index contributed by atoms with van der Waals surface area (Å²) in [5, 5.41) is 0.406. The minimum absolute atomic E-state index is 0.161. The summed E-state index contributed by atoms with van der Waals surface area (Å²) in [6.07, 6.45) is -5.77. The van der Waals surface area contributed by atoms with Gasteiger partial charge in [-0.05, 0) is 24.6 Å². The number of carbonyl (C=O) groups excluding carboxylic acids is 3. The van der Waals surface area contributed by atoms with Gasteiger partial charge in [0.25, 0.3) is 5.56 Å². The van der Waals surface area contributed by atoms with E-state index in [1.165, 1.54) is 4.57 Å². The van der Waals surface area contributed by atoms with E-state index < -0.39 is 53.7 Å². The highest BCUT2D eigenvalue weighted by Crippen LogP contribution is 2.41. The first-order valence-corrected chi connectivity index (χ1v) is 11.5. The van der Waals surface area contributed by atoms with Gasteiger partial charge in [0.2, 0.25) is 6.29 Å². The molecule has 4 heterocycles. The Kier molecular flexibility index (Phi) is 7.25. The van der Waals surface area contributed by atoms with Gasteiger partial charge < -0.3 is 19.8 Å². The van der Waals surface area contributed by atoms with Crippen LogP contribution in [-0.2, 0) is 42.6 Å². The van der Waals surface area contributed by atoms with Gasteiger partial charge in [-0.1, -0.05) is 6.92 Å². The Morgan fingerprint density at radius 2 is 1.87 bits per heavy atom. The summed E-state index contributed by atoms with van der Waals surface area (Å²) in [5.41, 5.74) is 5.89. The van der Waals surface area contributed by atoms with Crippen molar-refractivity contribution in [2.45, 2.75) is 44.7 Å². The molecular formula is C25H20F5N3O6. The fraction of sp³-hybridized carbons (Fsp3) is 0.320. The average molecular weight is 553 g/mol. The van der Waals surface area contributed by atoms with Gasteiger partial charge in [0.15, 0.2) is 11.6 Å². The molecule has 2 N–H and O–H groups in total. The van der Waals surface area contributed by atoms with E-state index >= 15 is 0 Å². The first kappa shape index (κ1) is 27.8. The quantitative estimate of drug-likeness (QED) is 0.233. The standard InChI is InChI=1S/C23H19F2N3O5.C2HF3O/c1-2-23(33-20(30)8-26)7-19(29)32-10-13-14(23)5-18-21-12(9-28(18)22(13)31)3-11-4-15(24)16(25)6-17(11)27-21;3-2(4,5)1-6/h3-6H,2,7-10,26H2,1H3;1H/t23-;/m1./s1. The Bertz CT molecular complexity index is 1570. The summed E-state index contributed by atoms with van der Waals surface area (Å²) in [7, 11) is 0. The molecule has 2 aromatic heterocycles. The number of hydrogen-bond acceptors (Lipinski definition) is 8. The van der Waals surface area contributed by atoms with Crippen molar-refractivity contribution in [1.82, 2.24) is 9.55 Å². The van der Waals surface area contributed by atoms with Gasteiger partial charge in [-0.2, -0.15) is 13.2 Å². The first-order valence-electron chi connectivity index (χ1n) is 11.5. The number of pyridine rings is 2. The molecule has 14 heteroatoms. The number of halogens is 5. The fourth-order valence-corrected chi connectivity index (χ4v) is 4.58. The van der Waals surface area contributed by atoms with E-state index in [4.69, 9.17) is 20.0 Å². The lowest BCUT2D eigenvalue weighted by Gasteiger charge is -2.32. The zero-order valence-electron chi connectivity index (χ0n) is 20.2. The number of benzene rings is 1. The first-order chi connectivity index (χ1) is 18.3. The molecule has 0 spiro atoms. The molecule has 0 unspecified atom stereocenters. The number of aromatic nitrogens is 2. The smallest absolute Gasteiger partial charge is 0.446 e. The molecule has 1 atom stereocenters. The number of fused-ring (bicyclic) bond motifs is 5. The second kappa shape index (κ2) is 10.2. The summed E-state index contributed by atoms with van der Waals surface area (Å²) < 4.78 is 71.1. The van der Waals surface area contributed by atoms with Gasteiger partial charge in [-0.3, -0.25) is 19.2 Å². The van der Waals surface area contributed by atoms with Crippen molar-refractivity contribution >= 4 is 29.1 Å². The molecule has 0 aliphatic carbocycles. The normalized spacial score (nSPS) is 17.7. The molecule has 39 heavy (non-hydrogen) atoms. The molecule has 206 valence electrons. The molecule has 2 aliphatic rings. The molecule has 0 saturated heterocycles. The number of rotatable bonds is 3. The zero-order valence-corrected chi connectivity index (χ0v) is 20.2. The zero-order chi connectivity index (χ0) is 28.7. The Labute approximate surface area is 216 Å². The van der Waals surface area contributed by atoms with Gasteiger partial charge in [-0.25, -0.2) is 13.8 Å². The summed E-state index contributed by atoms with van der Waals surface area (Å²) in [4.78, 5) is 51.1. The summed E-state index contributed by atoms with van der Waals surface area (Å²) in [5.74, 6) is -3.34. The molecule has 5 rings (SSSR count). The highest BCUT2D eigenvalue weighted by Gasteiger charge is 2.44. The molecule has 0 fully saturated rings. The largest absolute Gasteiger partial charge is 0.460 e. The number of hydrogen-bond donors (Lipinski definition) is 1. The third-order valence-electron chi connectivity index (χ3n) is 6.39. The predicted octanol–water partition coefficient (Wildman–Crippen LogP) is 3.01. The van der Waals surface area contributed by atoms with Crippen LogP contribution in [-0.4, -0.2) is 40.5 Å². The fourth-order valence-electron chi connectivity index (χ4n) is 4.58. The third-order valence-corrected chi connectivity index (χ3v) is 6.39. The molecule has 1 aromatic carbocycles. The summed E-state index contributed by atoms with van der Waals surface area (Å²) in [6, 6.07) is 5.39. The van der Waals surface area contributed by atoms with Crippen LogP contribution in [0.5, 0.6) is 0 Å². The Morgan fingerprint density at radius 1 is 1.21 bits per heavy atom. The van der Waals surface area contributed by atoms with Crippen LogP contribution in [0.3, 0.4) is 0 Å². The Hall–Kier alpha value is -4.20. The van der Waals surface area contributed by atoms with Crippen molar-refractivity contribution in [2.24, 2.45) is 5.73 Å². The van der Waals surface area contributed by atoms with Gasteiger partial charge in [0.1, 0.15) is 12.2 Å². The van der Waals surface area contributed by atoms with Gasteiger partial charge in [0, 0.05) is 22.6 Å². The highest BCUT2D eigenvalue weighted by molar-refractivity contribution is 5.84. The van der Waals surface area contributed by atoms with Gasteiger partial charge in [-0.15, -0.1) is 0 Å². The maximum absolute atomic E-state index is 13.8. The molecule has 0 saturated carbocycles. The van der Waals surface area contributed by atoms with Crippen molar-refractivity contribution in [1.29, 1.82) is 0 Å². The van der Waals surface area contributed by atoms with E-state index in [2.05, 4.69) is 4.98 Å². The Morgan fingerprint density at radius 3 is 2.49 bits per heavy atom. The lowest BCUT2D eigenvalue weighted by atomic mass is 9.85. The van der Waals surface area contributed by atoms with E-state index in [0.717, 1.165) is 12.1 Å². The summed E-state index contributed by atoms with van der Waals surface area (Å²) >= 11 is 0. The minimum atomic E-state index is -4.64. The Balaban J connectivity index is 0.000000531. The van der Waals surface area contributed by atoms with Gasteiger partial charge in [0.05, 0.1) is 42.0 Å².